The second kappa shape index (κ2) is 12.0. The number of benzene rings is 2. The summed E-state index contributed by atoms with van der Waals surface area (Å²) >= 11 is 0. The topological polar surface area (TPSA) is 84.5 Å². The second-order valence-corrected chi connectivity index (χ2v) is 10.3. The molecule has 34 heavy (non-hydrogen) atoms. The van der Waals surface area contributed by atoms with Gasteiger partial charge in [0, 0.05) is 25.8 Å². The highest BCUT2D eigenvalue weighted by atomic mass is 16.1. The predicted octanol–water partition coefficient (Wildman–Crippen LogP) is 5.01. The molecule has 1 amide bonds. The number of amidine groups is 1. The first kappa shape index (κ1) is 25.7. The van der Waals surface area contributed by atoms with E-state index in [2.05, 4.69) is 60.6 Å². The van der Waals surface area contributed by atoms with Crippen LogP contribution in [-0.4, -0.2) is 23.1 Å². The fraction of sp³-hybridized carbons (Fsp3) is 0.483. The minimum Gasteiger partial charge on any atom is -0.387 e. The summed E-state index contributed by atoms with van der Waals surface area (Å²) in [5.74, 6) is 1.42. The average Bonchev–Trinajstić information content (AvgIpc) is 2.88. The number of ketones is 1. The Bertz CT molecular complexity index is 982. The molecule has 182 valence electrons. The van der Waals surface area contributed by atoms with Crippen molar-refractivity contribution in [3.05, 3.63) is 71.3 Å². The lowest BCUT2D eigenvalue weighted by atomic mass is 9.82. The molecular weight excluding hydrogens is 422 g/mol. The number of amides is 1. The van der Waals surface area contributed by atoms with Gasteiger partial charge in [-0.3, -0.25) is 14.6 Å². The molecular formula is C29H39N3O2. The van der Waals surface area contributed by atoms with E-state index in [0.717, 1.165) is 31.2 Å². The Morgan fingerprint density at radius 3 is 2.41 bits per heavy atom. The van der Waals surface area contributed by atoms with Crippen molar-refractivity contribution in [2.75, 3.05) is 0 Å². The number of aliphatic imine (C=N–C) groups is 1. The van der Waals surface area contributed by atoms with Crippen molar-refractivity contribution >= 4 is 17.5 Å². The van der Waals surface area contributed by atoms with Crippen molar-refractivity contribution in [2.24, 2.45) is 22.6 Å². The van der Waals surface area contributed by atoms with Crippen molar-refractivity contribution in [3.63, 3.8) is 0 Å². The van der Waals surface area contributed by atoms with Gasteiger partial charge in [-0.1, -0.05) is 68.4 Å². The molecule has 0 radical (unpaired) electrons. The molecule has 1 aliphatic heterocycles. The third kappa shape index (κ3) is 7.82. The first-order valence-electron chi connectivity index (χ1n) is 12.5. The average molecular weight is 462 g/mol. The van der Waals surface area contributed by atoms with Gasteiger partial charge in [0.15, 0.2) is 5.78 Å². The molecule has 0 fully saturated rings. The maximum Gasteiger partial charge on any atom is 0.220 e. The molecule has 2 aromatic carbocycles. The van der Waals surface area contributed by atoms with Crippen LogP contribution in [0.5, 0.6) is 0 Å². The Morgan fingerprint density at radius 2 is 1.74 bits per heavy atom. The molecule has 2 aromatic rings. The van der Waals surface area contributed by atoms with E-state index < -0.39 is 5.54 Å². The summed E-state index contributed by atoms with van der Waals surface area (Å²) in [5.41, 5.74) is 9.02. The van der Waals surface area contributed by atoms with Gasteiger partial charge in [0.2, 0.25) is 5.91 Å². The van der Waals surface area contributed by atoms with E-state index in [4.69, 9.17) is 5.73 Å². The summed E-state index contributed by atoms with van der Waals surface area (Å²) < 4.78 is 0. The van der Waals surface area contributed by atoms with Gasteiger partial charge in [0.05, 0.1) is 5.84 Å². The van der Waals surface area contributed by atoms with Gasteiger partial charge in [-0.25, -0.2) is 0 Å². The van der Waals surface area contributed by atoms with Gasteiger partial charge in [0.1, 0.15) is 5.54 Å². The van der Waals surface area contributed by atoms with Crippen molar-refractivity contribution in [1.29, 1.82) is 0 Å². The van der Waals surface area contributed by atoms with Gasteiger partial charge >= 0.3 is 0 Å². The number of Topliss-reactive ketones (excluding diaryl/α,β-unsaturated/α-hetero) is 1. The molecule has 2 atom stereocenters. The van der Waals surface area contributed by atoms with E-state index >= 15 is 0 Å². The van der Waals surface area contributed by atoms with Gasteiger partial charge < -0.3 is 11.1 Å². The zero-order valence-electron chi connectivity index (χ0n) is 20.8. The van der Waals surface area contributed by atoms with Gasteiger partial charge in [-0.2, -0.15) is 0 Å². The third-order valence-corrected chi connectivity index (χ3v) is 6.52. The summed E-state index contributed by atoms with van der Waals surface area (Å²) in [7, 11) is 0. The standard InChI is InChI=1S/C29H39N3O2/c1-21(2)19-29(3)26(33)17-25(18-27(30)32-29)16-23-12-14-24(15-13-23)20-31-28(34)11-7-10-22-8-5-4-6-9-22/h4-6,8-9,12-15,21,25H,7,10-11,16-20H2,1-3H3,(H2,30,32)(H,31,34). The number of carbonyl (C=O) groups excluding carboxylic acids is 2. The van der Waals surface area contributed by atoms with E-state index in [1.165, 1.54) is 11.1 Å². The molecule has 1 heterocycles. The highest BCUT2D eigenvalue weighted by Crippen LogP contribution is 2.30. The molecule has 0 bridgehead atoms. The fourth-order valence-corrected chi connectivity index (χ4v) is 4.89. The highest BCUT2D eigenvalue weighted by molar-refractivity contribution is 5.94. The number of hydrogen-bond acceptors (Lipinski definition) is 4. The molecule has 0 aliphatic carbocycles. The van der Waals surface area contributed by atoms with Crippen LogP contribution in [-0.2, 0) is 29.0 Å². The molecule has 2 unspecified atom stereocenters. The molecule has 1 aliphatic rings. The van der Waals surface area contributed by atoms with E-state index in [1.807, 2.05) is 25.1 Å². The van der Waals surface area contributed by atoms with E-state index in [0.29, 0.717) is 37.6 Å². The van der Waals surface area contributed by atoms with Crippen molar-refractivity contribution in [2.45, 2.75) is 77.8 Å². The summed E-state index contributed by atoms with van der Waals surface area (Å²) in [4.78, 5) is 29.8. The maximum absolute atomic E-state index is 13.0. The van der Waals surface area contributed by atoms with Crippen LogP contribution in [0.2, 0.25) is 0 Å². The molecule has 0 spiro atoms. The zero-order valence-corrected chi connectivity index (χ0v) is 20.8. The van der Waals surface area contributed by atoms with Crippen LogP contribution in [0.3, 0.4) is 0 Å². The number of nitrogens with zero attached hydrogens (tertiary/aromatic N) is 1. The van der Waals surface area contributed by atoms with Crippen LogP contribution in [0.25, 0.3) is 0 Å². The minimum absolute atomic E-state index is 0.0798. The first-order valence-corrected chi connectivity index (χ1v) is 12.5. The van der Waals surface area contributed by atoms with Crippen molar-refractivity contribution in [3.8, 4) is 0 Å². The third-order valence-electron chi connectivity index (χ3n) is 6.52. The Morgan fingerprint density at radius 1 is 1.06 bits per heavy atom. The SMILES string of the molecule is CC(C)CC1(C)N=C(N)CC(Cc2ccc(CNC(=O)CCCc3ccccc3)cc2)CC1=O. The van der Waals surface area contributed by atoms with Crippen LogP contribution in [0.4, 0.5) is 0 Å². The molecule has 3 N–H and O–H groups in total. The molecule has 5 nitrogen and oxygen atoms in total. The molecule has 0 aromatic heterocycles. The quantitative estimate of drug-likeness (QED) is 0.522. The smallest absolute Gasteiger partial charge is 0.220 e. The lowest BCUT2D eigenvalue weighted by Gasteiger charge is -2.25. The Labute approximate surface area is 204 Å². The van der Waals surface area contributed by atoms with Crippen LogP contribution in [0.1, 0.15) is 69.6 Å². The van der Waals surface area contributed by atoms with Crippen LogP contribution >= 0.6 is 0 Å². The maximum atomic E-state index is 13.0. The van der Waals surface area contributed by atoms with E-state index in [-0.39, 0.29) is 17.6 Å². The number of nitrogens with one attached hydrogen (secondary N) is 1. The first-order chi connectivity index (χ1) is 16.2. The van der Waals surface area contributed by atoms with Gasteiger partial charge in [-0.05, 0) is 61.1 Å². The summed E-state index contributed by atoms with van der Waals surface area (Å²) in [6.45, 7) is 6.68. The highest BCUT2D eigenvalue weighted by Gasteiger charge is 2.37. The summed E-state index contributed by atoms with van der Waals surface area (Å²) in [5, 5.41) is 3.01. The lowest BCUT2D eigenvalue weighted by molar-refractivity contribution is -0.124. The minimum atomic E-state index is -0.698. The number of hydrogen-bond donors (Lipinski definition) is 2. The largest absolute Gasteiger partial charge is 0.387 e. The van der Waals surface area contributed by atoms with Crippen LogP contribution in [0, 0.1) is 11.8 Å². The molecule has 0 saturated carbocycles. The molecule has 3 rings (SSSR count). The predicted molar refractivity (Wildman–Crippen MR) is 139 cm³/mol. The Hall–Kier alpha value is -2.95. The number of carbonyl (C=O) groups is 2. The Kier molecular flexibility index (Phi) is 9.03. The fourth-order valence-electron chi connectivity index (χ4n) is 4.89. The molecule has 5 heteroatoms. The summed E-state index contributed by atoms with van der Waals surface area (Å²) in [6, 6.07) is 18.5. The van der Waals surface area contributed by atoms with Crippen molar-refractivity contribution in [1.82, 2.24) is 5.32 Å². The number of rotatable bonds is 10. The van der Waals surface area contributed by atoms with Crippen LogP contribution in [0.15, 0.2) is 59.6 Å². The number of nitrogens with two attached hydrogens (primary N) is 1. The van der Waals surface area contributed by atoms with Crippen molar-refractivity contribution < 1.29 is 9.59 Å². The zero-order chi connectivity index (χ0) is 24.6. The van der Waals surface area contributed by atoms with Crippen LogP contribution < -0.4 is 11.1 Å². The summed E-state index contributed by atoms with van der Waals surface area (Å²) in [6.07, 6.45) is 4.98. The van der Waals surface area contributed by atoms with E-state index in [1.54, 1.807) is 0 Å². The van der Waals surface area contributed by atoms with Gasteiger partial charge in [0.25, 0.3) is 0 Å². The Balaban J connectivity index is 1.46. The number of aryl methyl sites for hydroxylation is 1. The normalized spacial score (nSPS) is 20.6. The lowest BCUT2D eigenvalue weighted by Crippen LogP contribution is -2.35. The van der Waals surface area contributed by atoms with E-state index in [9.17, 15) is 9.59 Å². The van der Waals surface area contributed by atoms with Gasteiger partial charge in [-0.15, -0.1) is 0 Å². The monoisotopic (exact) mass is 461 g/mol. The molecule has 0 saturated heterocycles. The second-order valence-electron chi connectivity index (χ2n) is 10.3.